The van der Waals surface area contributed by atoms with Crippen LogP contribution >= 0.6 is 12.2 Å². The minimum absolute atomic E-state index is 0.242. The molecule has 0 atom stereocenters. The lowest BCUT2D eigenvalue weighted by molar-refractivity contribution is 0.199. The molecule has 2 aromatic heterocycles. The predicted octanol–water partition coefficient (Wildman–Crippen LogP) is 7.96. The lowest BCUT2D eigenvalue weighted by atomic mass is 10.0. The highest BCUT2D eigenvalue weighted by Gasteiger charge is 2.11. The zero-order chi connectivity index (χ0) is 27.6. The number of benzene rings is 2. The summed E-state index contributed by atoms with van der Waals surface area (Å²) in [4.78, 5) is 12.4. The first-order valence-corrected chi connectivity index (χ1v) is 14.0. The molecule has 0 aliphatic heterocycles. The first-order chi connectivity index (χ1) is 19.6. The third-order valence-corrected chi connectivity index (χ3v) is 7.06. The van der Waals surface area contributed by atoms with E-state index in [-0.39, 0.29) is 5.82 Å². The lowest BCUT2D eigenvalue weighted by Crippen LogP contribution is -2.24. The van der Waals surface area contributed by atoms with Crippen molar-refractivity contribution in [3.05, 3.63) is 132 Å². The fourth-order valence-corrected chi connectivity index (χ4v) is 4.87. The number of ether oxygens (including phenoxy) is 1. The molecular weight excluding hydrogens is 517 g/mol. The standard InChI is InChI=1S/C34H32FN3OS/c35-32-10-8-29(9-11-32)31-19-27(21-37-23-31)25-38(16-4-5-17-39-33-12-14-34(40)15-13-33)24-26-18-30(22-36-20-26)28-6-2-1-3-7-28/h1-3,6-14,18-23H,4-5,15-17,24-25H2. The van der Waals surface area contributed by atoms with Crippen molar-refractivity contribution in [1.29, 1.82) is 0 Å². The minimum Gasteiger partial charge on any atom is -0.494 e. The highest BCUT2D eigenvalue weighted by molar-refractivity contribution is 7.80. The molecule has 0 unspecified atom stereocenters. The zero-order valence-electron chi connectivity index (χ0n) is 22.4. The number of aromatic nitrogens is 2. The van der Waals surface area contributed by atoms with Crippen molar-refractivity contribution in [1.82, 2.24) is 14.9 Å². The summed E-state index contributed by atoms with van der Waals surface area (Å²) in [5.74, 6) is 0.659. The fourth-order valence-electron chi connectivity index (χ4n) is 4.71. The highest BCUT2D eigenvalue weighted by Crippen LogP contribution is 2.23. The van der Waals surface area contributed by atoms with Crippen molar-refractivity contribution in [3.8, 4) is 22.3 Å². The number of pyridine rings is 2. The first-order valence-electron chi connectivity index (χ1n) is 13.6. The molecule has 5 rings (SSSR count). The molecule has 0 spiro atoms. The Morgan fingerprint density at radius 3 is 2.02 bits per heavy atom. The van der Waals surface area contributed by atoms with Gasteiger partial charge in [0.1, 0.15) is 11.6 Å². The Kier molecular flexibility index (Phi) is 9.56. The van der Waals surface area contributed by atoms with E-state index in [0.717, 1.165) is 82.9 Å². The Labute approximate surface area is 240 Å². The SMILES string of the molecule is Fc1ccc(-c2cncc(CN(CCCCOC3=CCC(=S)C=C3)Cc3cncc(-c4ccccc4)c3)c2)cc1. The molecule has 4 nitrogen and oxygen atoms in total. The van der Waals surface area contributed by atoms with Gasteiger partial charge < -0.3 is 4.74 Å². The Bertz CT molecular complexity index is 1480. The number of hydrogen-bond donors (Lipinski definition) is 0. The van der Waals surface area contributed by atoms with Crippen molar-refractivity contribution in [2.75, 3.05) is 13.2 Å². The van der Waals surface area contributed by atoms with Crippen LogP contribution in [0.4, 0.5) is 4.39 Å². The first kappa shape index (κ1) is 27.6. The molecule has 1 aliphatic rings. The number of thiocarbonyl (C=S) groups is 1. The van der Waals surface area contributed by atoms with E-state index in [1.54, 1.807) is 12.1 Å². The molecule has 4 aromatic rings. The molecule has 202 valence electrons. The van der Waals surface area contributed by atoms with E-state index < -0.39 is 0 Å². The van der Waals surface area contributed by atoms with E-state index in [1.807, 2.05) is 61.2 Å². The van der Waals surface area contributed by atoms with Gasteiger partial charge in [-0.2, -0.15) is 0 Å². The molecule has 2 aromatic carbocycles. The van der Waals surface area contributed by atoms with E-state index in [4.69, 9.17) is 17.0 Å². The normalized spacial score (nSPS) is 12.9. The third-order valence-electron chi connectivity index (χ3n) is 6.76. The van der Waals surface area contributed by atoms with Gasteiger partial charge in [0.05, 0.1) is 6.61 Å². The topological polar surface area (TPSA) is 38.2 Å². The second-order valence-corrected chi connectivity index (χ2v) is 10.4. The second-order valence-electron chi connectivity index (χ2n) is 9.91. The Hall–Kier alpha value is -4.00. The number of hydrogen-bond acceptors (Lipinski definition) is 5. The third kappa shape index (κ3) is 8.01. The van der Waals surface area contributed by atoms with Gasteiger partial charge in [0.25, 0.3) is 0 Å². The molecule has 0 bridgehead atoms. The van der Waals surface area contributed by atoms with Crippen LogP contribution in [0.2, 0.25) is 0 Å². The van der Waals surface area contributed by atoms with Crippen LogP contribution in [0.1, 0.15) is 30.4 Å². The summed E-state index contributed by atoms with van der Waals surface area (Å²) in [6.45, 7) is 3.08. The van der Waals surface area contributed by atoms with Crippen LogP contribution < -0.4 is 0 Å². The smallest absolute Gasteiger partial charge is 0.123 e. The maximum atomic E-state index is 13.4. The maximum Gasteiger partial charge on any atom is 0.123 e. The monoisotopic (exact) mass is 549 g/mol. The molecule has 0 saturated carbocycles. The summed E-state index contributed by atoms with van der Waals surface area (Å²) in [6.07, 6.45) is 16.2. The molecular formula is C34H32FN3OS. The van der Waals surface area contributed by atoms with E-state index in [1.165, 1.54) is 12.1 Å². The average Bonchev–Trinajstić information content (AvgIpc) is 2.99. The molecule has 2 heterocycles. The number of unbranched alkanes of at least 4 members (excludes halogenated alkanes) is 1. The van der Waals surface area contributed by atoms with Gasteiger partial charge in [-0.05, 0) is 84.1 Å². The van der Waals surface area contributed by atoms with Crippen LogP contribution in [-0.4, -0.2) is 32.9 Å². The largest absolute Gasteiger partial charge is 0.494 e. The molecule has 0 saturated heterocycles. The molecule has 6 heteroatoms. The van der Waals surface area contributed by atoms with Crippen LogP contribution in [0.5, 0.6) is 0 Å². The van der Waals surface area contributed by atoms with Crippen molar-refractivity contribution in [3.63, 3.8) is 0 Å². The summed E-state index contributed by atoms with van der Waals surface area (Å²) < 4.78 is 19.4. The molecule has 40 heavy (non-hydrogen) atoms. The van der Waals surface area contributed by atoms with Gasteiger partial charge in [0.15, 0.2) is 0 Å². The number of allylic oxidation sites excluding steroid dienone is 3. The quantitative estimate of drug-likeness (QED) is 0.132. The summed E-state index contributed by atoms with van der Waals surface area (Å²) >= 11 is 5.21. The molecule has 0 fully saturated rings. The maximum absolute atomic E-state index is 13.4. The van der Waals surface area contributed by atoms with Crippen LogP contribution in [0.25, 0.3) is 22.3 Å². The molecule has 0 N–H and O–H groups in total. The summed E-state index contributed by atoms with van der Waals surface area (Å²) in [6, 6.07) is 21.2. The Morgan fingerprint density at radius 1 is 0.750 bits per heavy atom. The van der Waals surface area contributed by atoms with Gasteiger partial charge in [-0.3, -0.25) is 14.9 Å². The Balaban J connectivity index is 1.27. The van der Waals surface area contributed by atoms with Crippen LogP contribution in [0.3, 0.4) is 0 Å². The number of nitrogens with zero attached hydrogens (tertiary/aromatic N) is 3. The van der Waals surface area contributed by atoms with Gasteiger partial charge in [0, 0.05) is 60.3 Å². The van der Waals surface area contributed by atoms with E-state index in [0.29, 0.717) is 6.61 Å². The van der Waals surface area contributed by atoms with Crippen molar-refractivity contribution in [2.45, 2.75) is 32.4 Å². The van der Waals surface area contributed by atoms with E-state index in [9.17, 15) is 4.39 Å². The van der Waals surface area contributed by atoms with E-state index >= 15 is 0 Å². The molecule has 0 amide bonds. The van der Waals surface area contributed by atoms with E-state index in [2.05, 4.69) is 39.1 Å². The minimum atomic E-state index is -0.242. The molecule has 0 radical (unpaired) electrons. The summed E-state index contributed by atoms with van der Waals surface area (Å²) in [7, 11) is 0. The van der Waals surface area contributed by atoms with Crippen molar-refractivity contribution < 1.29 is 9.13 Å². The zero-order valence-corrected chi connectivity index (χ0v) is 23.2. The predicted molar refractivity (Wildman–Crippen MR) is 163 cm³/mol. The van der Waals surface area contributed by atoms with Crippen LogP contribution in [0.15, 0.2) is 116 Å². The van der Waals surface area contributed by atoms with Crippen molar-refractivity contribution in [2.24, 2.45) is 0 Å². The van der Waals surface area contributed by atoms with Gasteiger partial charge in [-0.1, -0.05) is 54.7 Å². The summed E-state index contributed by atoms with van der Waals surface area (Å²) in [5.41, 5.74) is 6.47. The van der Waals surface area contributed by atoms with Crippen molar-refractivity contribution >= 4 is 17.1 Å². The second kappa shape index (κ2) is 13.9. The Morgan fingerprint density at radius 2 is 1.40 bits per heavy atom. The highest BCUT2D eigenvalue weighted by atomic mass is 32.1. The summed E-state index contributed by atoms with van der Waals surface area (Å²) in [5, 5.41) is 0. The van der Waals surface area contributed by atoms with Gasteiger partial charge in [-0.15, -0.1) is 0 Å². The number of halogens is 1. The fraction of sp³-hybridized carbons (Fsp3) is 0.206. The average molecular weight is 550 g/mol. The van der Waals surface area contributed by atoms with Crippen LogP contribution in [-0.2, 0) is 17.8 Å². The van der Waals surface area contributed by atoms with Gasteiger partial charge in [0.2, 0.25) is 0 Å². The lowest BCUT2D eigenvalue weighted by Gasteiger charge is -2.23. The van der Waals surface area contributed by atoms with Gasteiger partial charge >= 0.3 is 0 Å². The van der Waals surface area contributed by atoms with Gasteiger partial charge in [-0.25, -0.2) is 4.39 Å². The number of rotatable bonds is 12. The van der Waals surface area contributed by atoms with Crippen LogP contribution in [0, 0.1) is 5.82 Å². The molecule has 1 aliphatic carbocycles.